The van der Waals surface area contributed by atoms with Gasteiger partial charge in [-0.3, -0.25) is 19.7 Å². The minimum absolute atomic E-state index is 0.0675. The van der Waals surface area contributed by atoms with Gasteiger partial charge in [-0.15, -0.1) is 0 Å². The standard InChI is InChI=1S/C17H10BrClN2O4/c1-9(22)20-14-7-6-12(21(24)25)8-13(14)15(17(20)23)16(19)10-2-4-11(18)5-3-10/h2-8H,1H3/b16-15+. The van der Waals surface area contributed by atoms with Crippen molar-refractivity contribution in [3.05, 3.63) is 68.2 Å². The van der Waals surface area contributed by atoms with E-state index in [0.29, 0.717) is 5.56 Å². The number of anilines is 1. The third-order valence-electron chi connectivity index (χ3n) is 3.75. The predicted molar refractivity (Wildman–Crippen MR) is 98.1 cm³/mol. The molecule has 1 aliphatic rings. The summed E-state index contributed by atoms with van der Waals surface area (Å²) in [6.45, 7) is 1.25. The number of non-ortho nitro benzene ring substituents is 1. The van der Waals surface area contributed by atoms with Crippen LogP contribution in [0.15, 0.2) is 46.9 Å². The van der Waals surface area contributed by atoms with Crippen molar-refractivity contribution >= 4 is 61.3 Å². The molecule has 0 radical (unpaired) electrons. The minimum Gasteiger partial charge on any atom is -0.274 e. The molecule has 8 heteroatoms. The van der Waals surface area contributed by atoms with E-state index >= 15 is 0 Å². The molecular formula is C17H10BrClN2O4. The number of hydrogen-bond acceptors (Lipinski definition) is 4. The Hall–Kier alpha value is -2.51. The van der Waals surface area contributed by atoms with Gasteiger partial charge in [0.05, 0.1) is 21.2 Å². The van der Waals surface area contributed by atoms with Crippen LogP contribution >= 0.6 is 27.5 Å². The van der Waals surface area contributed by atoms with Crippen LogP contribution in [0, 0.1) is 10.1 Å². The summed E-state index contributed by atoms with van der Waals surface area (Å²) in [7, 11) is 0. The van der Waals surface area contributed by atoms with Crippen LogP contribution in [-0.2, 0) is 9.59 Å². The fourth-order valence-electron chi connectivity index (χ4n) is 2.63. The highest BCUT2D eigenvalue weighted by Gasteiger charge is 2.38. The number of nitro benzene ring substituents is 1. The molecule has 1 aliphatic heterocycles. The summed E-state index contributed by atoms with van der Waals surface area (Å²) in [5.74, 6) is -1.09. The number of imide groups is 1. The van der Waals surface area contributed by atoms with Crippen LogP contribution < -0.4 is 4.90 Å². The first-order chi connectivity index (χ1) is 11.8. The molecule has 25 heavy (non-hydrogen) atoms. The molecule has 3 rings (SSSR count). The van der Waals surface area contributed by atoms with E-state index in [-0.39, 0.29) is 27.5 Å². The summed E-state index contributed by atoms with van der Waals surface area (Å²) in [5.41, 5.74) is 0.999. The maximum absolute atomic E-state index is 12.8. The number of carbonyl (C=O) groups is 2. The zero-order valence-corrected chi connectivity index (χ0v) is 15.2. The van der Waals surface area contributed by atoms with Crippen LogP contribution in [-0.4, -0.2) is 16.7 Å². The molecule has 0 aromatic heterocycles. The van der Waals surface area contributed by atoms with Gasteiger partial charge in [0.1, 0.15) is 0 Å². The lowest BCUT2D eigenvalue weighted by Crippen LogP contribution is -2.31. The number of nitro groups is 1. The van der Waals surface area contributed by atoms with Crippen LogP contribution in [0.1, 0.15) is 18.1 Å². The van der Waals surface area contributed by atoms with Gasteiger partial charge in [0, 0.05) is 29.1 Å². The van der Waals surface area contributed by atoms with E-state index in [4.69, 9.17) is 11.6 Å². The third-order valence-corrected chi connectivity index (χ3v) is 4.69. The van der Waals surface area contributed by atoms with Crippen LogP contribution in [0.25, 0.3) is 10.6 Å². The zero-order valence-electron chi connectivity index (χ0n) is 12.8. The summed E-state index contributed by atoms with van der Waals surface area (Å²) >= 11 is 9.74. The second kappa shape index (κ2) is 6.42. The van der Waals surface area contributed by atoms with Crippen LogP contribution in [0.5, 0.6) is 0 Å². The maximum atomic E-state index is 12.8. The highest BCUT2D eigenvalue weighted by Crippen LogP contribution is 2.43. The minimum atomic E-state index is -0.601. The largest absolute Gasteiger partial charge is 0.274 e. The summed E-state index contributed by atoms with van der Waals surface area (Å²) in [6.07, 6.45) is 0. The van der Waals surface area contributed by atoms with Crippen molar-refractivity contribution in [2.45, 2.75) is 6.92 Å². The Morgan fingerprint density at radius 1 is 1.20 bits per heavy atom. The van der Waals surface area contributed by atoms with E-state index in [0.717, 1.165) is 9.37 Å². The average molecular weight is 422 g/mol. The van der Waals surface area contributed by atoms with E-state index in [1.807, 2.05) is 0 Å². The molecule has 1 heterocycles. The molecule has 2 aromatic rings. The Morgan fingerprint density at radius 3 is 2.40 bits per heavy atom. The Morgan fingerprint density at radius 2 is 1.84 bits per heavy atom. The smallest absolute Gasteiger partial charge is 0.270 e. The van der Waals surface area contributed by atoms with E-state index in [9.17, 15) is 19.7 Å². The molecule has 0 unspecified atom stereocenters. The molecule has 0 fully saturated rings. The fraction of sp³-hybridized carbons (Fsp3) is 0.0588. The lowest BCUT2D eigenvalue weighted by atomic mass is 10.0. The second-order valence-electron chi connectivity index (χ2n) is 5.31. The van der Waals surface area contributed by atoms with Crippen molar-refractivity contribution in [2.75, 3.05) is 4.90 Å². The monoisotopic (exact) mass is 420 g/mol. The lowest BCUT2D eigenvalue weighted by molar-refractivity contribution is -0.384. The maximum Gasteiger partial charge on any atom is 0.270 e. The topological polar surface area (TPSA) is 80.5 Å². The summed E-state index contributed by atoms with van der Waals surface area (Å²) in [5, 5.41) is 11.2. The molecule has 0 bridgehead atoms. The Bertz CT molecular complexity index is 954. The number of amides is 2. The van der Waals surface area contributed by atoms with Crippen molar-refractivity contribution in [1.82, 2.24) is 0 Å². The molecule has 6 nitrogen and oxygen atoms in total. The Labute approximate surface area is 156 Å². The molecule has 0 aliphatic carbocycles. The van der Waals surface area contributed by atoms with Crippen molar-refractivity contribution in [3.63, 3.8) is 0 Å². The first-order valence-corrected chi connectivity index (χ1v) is 8.28. The zero-order chi connectivity index (χ0) is 18.3. The summed E-state index contributed by atoms with van der Waals surface area (Å²) < 4.78 is 0.838. The molecule has 0 N–H and O–H groups in total. The van der Waals surface area contributed by atoms with Gasteiger partial charge in [-0.2, -0.15) is 0 Å². The van der Waals surface area contributed by atoms with E-state index in [2.05, 4.69) is 15.9 Å². The quantitative estimate of drug-likeness (QED) is 0.410. The van der Waals surface area contributed by atoms with Crippen molar-refractivity contribution in [2.24, 2.45) is 0 Å². The highest BCUT2D eigenvalue weighted by atomic mass is 79.9. The molecule has 2 aromatic carbocycles. The van der Waals surface area contributed by atoms with Crippen molar-refractivity contribution in [1.29, 1.82) is 0 Å². The van der Waals surface area contributed by atoms with Gasteiger partial charge < -0.3 is 0 Å². The molecule has 126 valence electrons. The van der Waals surface area contributed by atoms with Gasteiger partial charge in [-0.25, -0.2) is 4.90 Å². The first kappa shape index (κ1) is 17.3. The number of rotatable bonds is 2. The van der Waals surface area contributed by atoms with Crippen molar-refractivity contribution in [3.8, 4) is 0 Å². The van der Waals surface area contributed by atoms with Crippen LogP contribution in [0.2, 0.25) is 0 Å². The SMILES string of the molecule is CC(=O)N1C(=O)/C(=C(/Cl)c2ccc(Br)cc2)c2cc([N+](=O)[O-])ccc21. The molecule has 2 amide bonds. The number of nitrogens with zero attached hydrogens (tertiary/aromatic N) is 2. The van der Waals surface area contributed by atoms with Gasteiger partial charge in [0.15, 0.2) is 0 Å². The van der Waals surface area contributed by atoms with Crippen molar-refractivity contribution < 1.29 is 14.5 Å². The second-order valence-corrected chi connectivity index (χ2v) is 6.61. The number of benzene rings is 2. The Kier molecular flexibility index (Phi) is 4.45. The van der Waals surface area contributed by atoms with Gasteiger partial charge in [0.25, 0.3) is 11.6 Å². The average Bonchev–Trinajstić information content (AvgIpc) is 2.85. The van der Waals surface area contributed by atoms with E-state index in [1.54, 1.807) is 24.3 Å². The van der Waals surface area contributed by atoms with Crippen LogP contribution in [0.3, 0.4) is 0 Å². The summed E-state index contributed by atoms with van der Waals surface area (Å²) in [4.78, 5) is 36.1. The molecule has 0 saturated carbocycles. The van der Waals surface area contributed by atoms with Gasteiger partial charge in [-0.1, -0.05) is 39.7 Å². The predicted octanol–water partition coefficient (Wildman–Crippen LogP) is 4.36. The molecular weight excluding hydrogens is 412 g/mol. The van der Waals surface area contributed by atoms with E-state index in [1.165, 1.54) is 25.1 Å². The number of fused-ring (bicyclic) bond motifs is 1. The Balaban J connectivity index is 2.27. The third kappa shape index (κ3) is 2.96. The number of halogens is 2. The van der Waals surface area contributed by atoms with Crippen LogP contribution in [0.4, 0.5) is 11.4 Å². The van der Waals surface area contributed by atoms with E-state index < -0.39 is 16.7 Å². The molecule has 0 spiro atoms. The summed E-state index contributed by atoms with van der Waals surface area (Å²) in [6, 6.07) is 10.8. The van der Waals surface area contributed by atoms with Gasteiger partial charge >= 0.3 is 0 Å². The highest BCUT2D eigenvalue weighted by molar-refractivity contribution is 9.10. The van der Waals surface area contributed by atoms with Gasteiger partial charge in [-0.05, 0) is 23.8 Å². The number of carbonyl (C=O) groups excluding carboxylic acids is 2. The molecule has 0 saturated heterocycles. The number of hydrogen-bond donors (Lipinski definition) is 0. The van der Waals surface area contributed by atoms with Gasteiger partial charge in [0.2, 0.25) is 5.91 Å². The lowest BCUT2D eigenvalue weighted by Gasteiger charge is -2.11. The molecule has 0 atom stereocenters. The normalized spacial score (nSPS) is 15.2. The first-order valence-electron chi connectivity index (χ1n) is 7.11. The fourth-order valence-corrected chi connectivity index (χ4v) is 3.21.